The average Bonchev–Trinajstić information content (AvgIpc) is 3.29. The van der Waals surface area contributed by atoms with Crippen molar-refractivity contribution < 1.29 is 33.9 Å². The Bertz CT molecular complexity index is 1220. The molecule has 1 heterocycles. The topological polar surface area (TPSA) is 253 Å². The molecule has 0 fully saturated rings. The van der Waals surface area contributed by atoms with Crippen LogP contribution in [0.3, 0.4) is 0 Å². The Kier molecular flexibility index (Phi) is 11.7. The molecule has 39 heavy (non-hydrogen) atoms. The first-order valence-corrected chi connectivity index (χ1v) is 12.7. The van der Waals surface area contributed by atoms with E-state index in [1.807, 2.05) is 24.3 Å². The third kappa shape index (κ3) is 9.61. The first-order chi connectivity index (χ1) is 18.4. The molecule has 0 aliphatic carbocycles. The van der Waals surface area contributed by atoms with Gasteiger partial charge >= 0.3 is 5.97 Å². The molecule has 2 aromatic rings. The minimum absolute atomic E-state index is 0.143. The second-order valence-corrected chi connectivity index (χ2v) is 9.25. The van der Waals surface area contributed by atoms with Crippen molar-refractivity contribution in [2.45, 2.75) is 56.3 Å². The van der Waals surface area contributed by atoms with Crippen molar-refractivity contribution >= 4 is 59.0 Å². The van der Waals surface area contributed by atoms with Crippen LogP contribution in [-0.4, -0.2) is 75.5 Å². The van der Waals surface area contributed by atoms with E-state index in [4.69, 9.17) is 17.2 Å². The van der Waals surface area contributed by atoms with Gasteiger partial charge in [0.25, 0.3) is 0 Å². The van der Waals surface area contributed by atoms with Gasteiger partial charge in [-0.1, -0.05) is 18.2 Å². The maximum Gasteiger partial charge on any atom is 0.327 e. The van der Waals surface area contributed by atoms with Crippen LogP contribution in [0, 0.1) is 0 Å². The lowest BCUT2D eigenvalue weighted by atomic mass is 10.0. The van der Waals surface area contributed by atoms with Crippen LogP contribution in [-0.2, 0) is 35.2 Å². The van der Waals surface area contributed by atoms with E-state index in [-0.39, 0.29) is 37.9 Å². The number of rotatable bonds is 16. The number of carbonyl (C=O) groups excluding carboxylic acids is 5. The van der Waals surface area contributed by atoms with E-state index in [1.165, 1.54) is 0 Å². The quantitative estimate of drug-likeness (QED) is 0.103. The monoisotopic (exact) mass is 563 g/mol. The van der Waals surface area contributed by atoms with Crippen LogP contribution in [0.4, 0.5) is 0 Å². The van der Waals surface area contributed by atoms with Crippen LogP contribution in [0.15, 0.2) is 30.5 Å². The van der Waals surface area contributed by atoms with Crippen molar-refractivity contribution in [3.05, 3.63) is 36.0 Å². The lowest BCUT2D eigenvalue weighted by molar-refractivity contribution is -0.141. The molecule has 0 aliphatic heterocycles. The number of hydrogen-bond acceptors (Lipinski definition) is 8. The van der Waals surface area contributed by atoms with Crippen molar-refractivity contribution in [2.24, 2.45) is 17.2 Å². The first-order valence-electron chi connectivity index (χ1n) is 12.0. The number of carboxylic acids is 1. The molecule has 0 bridgehead atoms. The standard InChI is InChI=1S/C24H33N7O7S/c25-14(9-12-10-28-15-4-2-1-3-13(12)15)21(34)29-16(5-7-19(26)32)22(35)30-17(6-8-20(27)33)23(36)31-18(11-39)24(37)38/h1-4,10,14,16-18,28,39H,5-9,11,25H2,(H2,26,32)(H2,27,33)(H,29,34)(H,30,35)(H,31,36)(H,37,38). The summed E-state index contributed by atoms with van der Waals surface area (Å²) in [6.45, 7) is 0. The lowest BCUT2D eigenvalue weighted by Gasteiger charge is -2.24. The van der Waals surface area contributed by atoms with Gasteiger partial charge in [-0.3, -0.25) is 24.0 Å². The summed E-state index contributed by atoms with van der Waals surface area (Å²) in [6, 6.07) is 2.32. The summed E-state index contributed by atoms with van der Waals surface area (Å²) in [4.78, 5) is 75.7. The van der Waals surface area contributed by atoms with Gasteiger partial charge in [-0.25, -0.2) is 4.79 Å². The number of fused-ring (bicyclic) bond motifs is 1. The number of aromatic amines is 1. The third-order valence-electron chi connectivity index (χ3n) is 5.87. The normalized spacial score (nSPS) is 14.0. The molecule has 2 rings (SSSR count). The largest absolute Gasteiger partial charge is 0.480 e. The number of H-pyrrole nitrogens is 1. The number of thiol groups is 1. The van der Waals surface area contributed by atoms with Gasteiger partial charge in [0.1, 0.15) is 18.1 Å². The van der Waals surface area contributed by atoms with Gasteiger partial charge in [0.15, 0.2) is 0 Å². The summed E-state index contributed by atoms with van der Waals surface area (Å²) in [6.07, 6.45) is 0.851. The zero-order valence-electron chi connectivity index (χ0n) is 21.0. The Balaban J connectivity index is 2.15. The average molecular weight is 564 g/mol. The fourth-order valence-electron chi connectivity index (χ4n) is 3.75. The Morgan fingerprint density at radius 2 is 1.36 bits per heavy atom. The molecule has 0 saturated carbocycles. The molecule has 0 aliphatic rings. The number of benzene rings is 1. The maximum absolute atomic E-state index is 13.1. The summed E-state index contributed by atoms with van der Waals surface area (Å²) >= 11 is 3.88. The highest BCUT2D eigenvalue weighted by Gasteiger charge is 2.30. The van der Waals surface area contributed by atoms with Gasteiger partial charge < -0.3 is 43.2 Å². The number of para-hydroxylation sites is 1. The Morgan fingerprint density at radius 1 is 0.846 bits per heavy atom. The van der Waals surface area contributed by atoms with E-state index in [9.17, 15) is 33.9 Å². The highest BCUT2D eigenvalue weighted by molar-refractivity contribution is 7.80. The molecule has 4 atom stereocenters. The molecule has 0 radical (unpaired) electrons. The molecule has 212 valence electrons. The second-order valence-electron chi connectivity index (χ2n) is 8.88. The van der Waals surface area contributed by atoms with Crippen molar-refractivity contribution in [3.8, 4) is 0 Å². The Morgan fingerprint density at radius 3 is 1.87 bits per heavy atom. The van der Waals surface area contributed by atoms with E-state index in [0.717, 1.165) is 16.5 Å². The van der Waals surface area contributed by atoms with Gasteiger partial charge in [-0.15, -0.1) is 0 Å². The van der Waals surface area contributed by atoms with Gasteiger partial charge in [0.2, 0.25) is 29.5 Å². The summed E-state index contributed by atoms with van der Waals surface area (Å²) < 4.78 is 0. The number of carboxylic acid groups (broad SMARTS) is 1. The zero-order chi connectivity index (χ0) is 29.1. The highest BCUT2D eigenvalue weighted by Crippen LogP contribution is 2.19. The molecule has 1 aromatic heterocycles. The zero-order valence-corrected chi connectivity index (χ0v) is 21.9. The SMILES string of the molecule is NC(=O)CCC(NC(=O)C(N)Cc1c[nH]c2ccccc12)C(=O)NC(CCC(N)=O)C(=O)NC(CS)C(=O)O. The molecule has 0 spiro atoms. The minimum Gasteiger partial charge on any atom is -0.480 e. The molecule has 1 aromatic carbocycles. The van der Waals surface area contributed by atoms with Gasteiger partial charge in [-0.2, -0.15) is 12.6 Å². The smallest absolute Gasteiger partial charge is 0.327 e. The number of aliphatic carboxylic acids is 1. The van der Waals surface area contributed by atoms with Crippen molar-refractivity contribution in [2.75, 3.05) is 5.75 Å². The van der Waals surface area contributed by atoms with Gasteiger partial charge in [0.05, 0.1) is 6.04 Å². The fourth-order valence-corrected chi connectivity index (χ4v) is 4.00. The summed E-state index contributed by atoms with van der Waals surface area (Å²) in [5.74, 6) is -5.53. The van der Waals surface area contributed by atoms with Crippen LogP contribution < -0.4 is 33.2 Å². The third-order valence-corrected chi connectivity index (χ3v) is 6.24. The van der Waals surface area contributed by atoms with E-state index >= 15 is 0 Å². The highest BCUT2D eigenvalue weighted by atomic mass is 32.1. The minimum atomic E-state index is -1.38. The summed E-state index contributed by atoms with van der Waals surface area (Å²) in [7, 11) is 0. The number of aromatic nitrogens is 1. The molecule has 14 nitrogen and oxygen atoms in total. The predicted octanol–water partition coefficient (Wildman–Crippen LogP) is -1.96. The van der Waals surface area contributed by atoms with Crippen LogP contribution in [0.2, 0.25) is 0 Å². The van der Waals surface area contributed by atoms with Crippen LogP contribution >= 0.6 is 12.6 Å². The summed E-state index contributed by atoms with van der Waals surface area (Å²) in [5.41, 5.74) is 18.1. The molecule has 11 N–H and O–H groups in total. The lowest BCUT2D eigenvalue weighted by Crippen LogP contribution is -2.57. The molecular weight excluding hydrogens is 530 g/mol. The van der Waals surface area contributed by atoms with E-state index in [0.29, 0.717) is 0 Å². The first kappa shape index (κ1) is 31.1. The second kappa shape index (κ2) is 14.7. The maximum atomic E-state index is 13.1. The number of carbonyl (C=O) groups is 6. The van der Waals surface area contributed by atoms with E-state index in [2.05, 4.69) is 33.6 Å². The van der Waals surface area contributed by atoms with Crippen LogP contribution in [0.1, 0.15) is 31.2 Å². The predicted molar refractivity (Wildman–Crippen MR) is 144 cm³/mol. The number of nitrogens with two attached hydrogens (primary N) is 3. The number of nitrogens with one attached hydrogen (secondary N) is 4. The number of amides is 5. The summed E-state index contributed by atoms with van der Waals surface area (Å²) in [5, 5.41) is 17.2. The van der Waals surface area contributed by atoms with Crippen LogP contribution in [0.25, 0.3) is 10.9 Å². The van der Waals surface area contributed by atoms with Crippen molar-refractivity contribution in [1.29, 1.82) is 0 Å². The van der Waals surface area contributed by atoms with Gasteiger partial charge in [0, 0.05) is 35.7 Å². The fraction of sp³-hybridized carbons (Fsp3) is 0.417. The molecule has 5 amide bonds. The van der Waals surface area contributed by atoms with E-state index in [1.54, 1.807) is 6.20 Å². The Labute approximate surface area is 229 Å². The Hall–Kier alpha value is -4.11. The molecular formula is C24H33N7O7S. The molecule has 0 saturated heterocycles. The number of primary amides is 2. The van der Waals surface area contributed by atoms with E-state index < -0.39 is 59.7 Å². The molecule has 15 heteroatoms. The van der Waals surface area contributed by atoms with Gasteiger partial charge in [-0.05, 0) is 30.9 Å². The molecule has 4 unspecified atom stereocenters. The van der Waals surface area contributed by atoms with Crippen molar-refractivity contribution in [3.63, 3.8) is 0 Å². The van der Waals surface area contributed by atoms with Crippen molar-refractivity contribution in [1.82, 2.24) is 20.9 Å². The van der Waals surface area contributed by atoms with Crippen LogP contribution in [0.5, 0.6) is 0 Å². The number of hydrogen-bond donors (Lipinski definition) is 9.